The highest BCUT2D eigenvalue weighted by Gasteiger charge is 2.25. The van der Waals surface area contributed by atoms with Crippen LogP contribution in [0.3, 0.4) is 0 Å². The van der Waals surface area contributed by atoms with Gasteiger partial charge in [-0.3, -0.25) is 9.59 Å². The maximum Gasteiger partial charge on any atom is 0.361 e. The fourth-order valence-corrected chi connectivity index (χ4v) is 6.07. The molecule has 0 fully saturated rings. The highest BCUT2D eigenvalue weighted by Crippen LogP contribution is 2.14. The Morgan fingerprint density at radius 3 is 1.40 bits per heavy atom. The Kier molecular flexibility index (Phi) is 35.6. The van der Waals surface area contributed by atoms with Gasteiger partial charge in [0.1, 0.15) is 13.2 Å². The Balaban J connectivity index is 4.45. The van der Waals surface area contributed by atoms with Crippen molar-refractivity contribution in [1.82, 2.24) is 0 Å². The van der Waals surface area contributed by atoms with Crippen molar-refractivity contribution in [2.75, 3.05) is 47.5 Å². The summed E-state index contributed by atoms with van der Waals surface area (Å²) >= 11 is 0. The van der Waals surface area contributed by atoms with E-state index in [1.807, 2.05) is 21.1 Å². The smallest absolute Gasteiger partial charge is 0.361 e. The van der Waals surface area contributed by atoms with Gasteiger partial charge in [-0.2, -0.15) is 0 Å². The summed E-state index contributed by atoms with van der Waals surface area (Å²) < 4.78 is 22.7. The average Bonchev–Trinajstić information content (AvgIpc) is 3.11. The van der Waals surface area contributed by atoms with E-state index in [4.69, 9.17) is 18.9 Å². The highest BCUT2D eigenvalue weighted by atomic mass is 16.7. The van der Waals surface area contributed by atoms with Crippen molar-refractivity contribution in [3.63, 3.8) is 0 Å². The first-order valence-corrected chi connectivity index (χ1v) is 21.9. The third kappa shape index (κ3) is 38.1. The van der Waals surface area contributed by atoms with Gasteiger partial charge in [-0.05, 0) is 38.5 Å². The summed E-state index contributed by atoms with van der Waals surface area (Å²) in [5.41, 5.74) is 0. The van der Waals surface area contributed by atoms with Crippen molar-refractivity contribution >= 4 is 17.9 Å². The molecule has 2 atom stereocenters. The number of nitrogens with zero attached hydrogens (tertiary/aromatic N) is 1. The fraction of sp³-hybridized carbons (Fsp3) is 0.886. The molecule has 0 amide bonds. The maximum atomic E-state index is 12.7. The van der Waals surface area contributed by atoms with Crippen LogP contribution in [0.1, 0.15) is 194 Å². The zero-order valence-electron chi connectivity index (χ0n) is 35.2. The number of carboxylic acids is 1. The van der Waals surface area contributed by atoms with Crippen LogP contribution in [0.5, 0.6) is 0 Å². The summed E-state index contributed by atoms with van der Waals surface area (Å²) in [6.07, 6.45) is 34.1. The number of carbonyl (C=O) groups excluding carboxylic acids is 2. The first kappa shape index (κ1) is 51.0. The van der Waals surface area contributed by atoms with E-state index in [1.165, 1.54) is 109 Å². The van der Waals surface area contributed by atoms with E-state index in [0.29, 0.717) is 23.9 Å². The van der Waals surface area contributed by atoms with Crippen molar-refractivity contribution in [2.24, 2.45) is 0 Å². The lowest BCUT2D eigenvalue weighted by atomic mass is 10.0. The van der Waals surface area contributed by atoms with E-state index in [0.717, 1.165) is 51.4 Å². The number of allylic oxidation sites excluding steroid dienone is 2. The summed E-state index contributed by atoms with van der Waals surface area (Å²) in [5, 5.41) is 9.61. The van der Waals surface area contributed by atoms with E-state index in [2.05, 4.69) is 26.0 Å². The van der Waals surface area contributed by atoms with Gasteiger partial charge < -0.3 is 28.5 Å². The fourth-order valence-electron chi connectivity index (χ4n) is 6.07. The third-order valence-electron chi connectivity index (χ3n) is 9.52. The highest BCUT2D eigenvalue weighted by molar-refractivity contribution is 5.71. The normalized spacial score (nSPS) is 13.0. The molecule has 9 nitrogen and oxygen atoms in total. The Morgan fingerprint density at radius 1 is 0.547 bits per heavy atom. The van der Waals surface area contributed by atoms with E-state index in [-0.39, 0.29) is 32.2 Å². The van der Waals surface area contributed by atoms with Crippen LogP contribution in [-0.4, -0.2) is 87.4 Å². The molecule has 0 heterocycles. The summed E-state index contributed by atoms with van der Waals surface area (Å²) in [7, 11) is 5.95. The number of carbonyl (C=O) groups is 3. The van der Waals surface area contributed by atoms with Gasteiger partial charge in [0, 0.05) is 12.8 Å². The van der Waals surface area contributed by atoms with Gasteiger partial charge >= 0.3 is 17.9 Å². The summed E-state index contributed by atoms with van der Waals surface area (Å²) in [6.45, 7) is 4.86. The molecule has 0 radical (unpaired) electrons. The van der Waals surface area contributed by atoms with Gasteiger partial charge in [-0.15, -0.1) is 0 Å². The number of carboxylic acid groups (broad SMARTS) is 1. The summed E-state index contributed by atoms with van der Waals surface area (Å²) in [4.78, 5) is 37.0. The molecule has 0 aliphatic carbocycles. The number of hydrogen-bond donors (Lipinski definition) is 1. The molecular weight excluding hydrogens is 670 g/mol. The van der Waals surface area contributed by atoms with Crippen molar-refractivity contribution in [1.29, 1.82) is 0 Å². The average molecular weight is 755 g/mol. The second-order valence-corrected chi connectivity index (χ2v) is 16.0. The molecule has 0 bridgehead atoms. The van der Waals surface area contributed by atoms with Gasteiger partial charge in [0.15, 0.2) is 6.10 Å². The number of aliphatic carboxylic acids is 1. The molecule has 0 aliphatic rings. The molecule has 0 aromatic rings. The van der Waals surface area contributed by atoms with Crippen LogP contribution < -0.4 is 0 Å². The molecule has 9 heteroatoms. The van der Waals surface area contributed by atoms with Crippen LogP contribution in [0.15, 0.2) is 12.2 Å². The quantitative estimate of drug-likeness (QED) is 0.0217. The Bertz CT molecular complexity index is 887. The first-order valence-electron chi connectivity index (χ1n) is 21.9. The number of esters is 2. The number of ether oxygens (including phenoxy) is 4. The standard InChI is InChI=1S/C44H83NO8/c1-6-8-10-12-14-16-18-20-21-22-23-25-27-29-31-33-35-42(47)53-40(39-52-44(43(48)49)50-37-36-45(3,4)5)38-51-41(46)34-32-30-28-26-24-19-17-15-13-11-9-7-2/h21-22,40,44H,6-20,23-39H2,1-5H3/p+1/b22-21-. The van der Waals surface area contributed by atoms with Crippen LogP contribution >= 0.6 is 0 Å². The molecule has 1 N–H and O–H groups in total. The SMILES string of the molecule is CCCCCCCCC/C=C\CCCCCCCC(=O)OC(COC(=O)CCCCCCCCCCCCCC)COC(OCC[N+](C)(C)C)C(=O)O. The molecule has 0 aromatic heterocycles. The van der Waals surface area contributed by atoms with E-state index >= 15 is 0 Å². The van der Waals surface area contributed by atoms with E-state index in [9.17, 15) is 19.5 Å². The largest absolute Gasteiger partial charge is 0.477 e. The predicted octanol–water partition coefficient (Wildman–Crippen LogP) is 11.1. The van der Waals surface area contributed by atoms with Crippen molar-refractivity contribution in [2.45, 2.75) is 206 Å². The van der Waals surface area contributed by atoms with E-state index < -0.39 is 24.3 Å². The minimum absolute atomic E-state index is 0.180. The minimum atomic E-state index is -1.50. The number of likely N-dealkylation sites (N-methyl/N-ethyl adjacent to an activating group) is 1. The van der Waals surface area contributed by atoms with Crippen molar-refractivity contribution < 1.29 is 42.9 Å². The molecule has 53 heavy (non-hydrogen) atoms. The van der Waals surface area contributed by atoms with Gasteiger partial charge in [-0.25, -0.2) is 4.79 Å². The zero-order valence-corrected chi connectivity index (χ0v) is 35.2. The molecule has 2 unspecified atom stereocenters. The number of rotatable bonds is 40. The molecule has 0 saturated heterocycles. The molecular formula is C44H84NO8+. The first-order chi connectivity index (χ1) is 25.6. The van der Waals surface area contributed by atoms with Crippen LogP contribution in [0.4, 0.5) is 0 Å². The minimum Gasteiger partial charge on any atom is -0.477 e. The lowest BCUT2D eigenvalue weighted by molar-refractivity contribution is -0.870. The monoisotopic (exact) mass is 755 g/mol. The zero-order chi connectivity index (χ0) is 39.3. The Hall–Kier alpha value is -1.97. The number of hydrogen-bond acceptors (Lipinski definition) is 7. The molecule has 0 spiro atoms. The predicted molar refractivity (Wildman–Crippen MR) is 217 cm³/mol. The van der Waals surface area contributed by atoms with Crippen LogP contribution in [0.2, 0.25) is 0 Å². The third-order valence-corrected chi connectivity index (χ3v) is 9.52. The lowest BCUT2D eigenvalue weighted by Crippen LogP contribution is -2.40. The Morgan fingerprint density at radius 2 is 0.962 bits per heavy atom. The van der Waals surface area contributed by atoms with Crippen molar-refractivity contribution in [3.05, 3.63) is 12.2 Å². The summed E-state index contributed by atoms with van der Waals surface area (Å²) in [6, 6.07) is 0. The second kappa shape index (κ2) is 37.0. The van der Waals surface area contributed by atoms with Gasteiger partial charge in [0.25, 0.3) is 6.29 Å². The van der Waals surface area contributed by atoms with Gasteiger partial charge in [-0.1, -0.05) is 154 Å². The summed E-state index contributed by atoms with van der Waals surface area (Å²) in [5.74, 6) is -2.01. The Labute approximate surface area is 325 Å². The maximum absolute atomic E-state index is 12.7. The molecule has 0 aliphatic heterocycles. The molecule has 0 rings (SSSR count). The second-order valence-electron chi connectivity index (χ2n) is 16.0. The van der Waals surface area contributed by atoms with Gasteiger partial charge in [0.2, 0.25) is 0 Å². The molecule has 0 aromatic carbocycles. The van der Waals surface area contributed by atoms with Crippen molar-refractivity contribution in [3.8, 4) is 0 Å². The number of unbranched alkanes of at least 4 members (excludes halogenated alkanes) is 23. The topological polar surface area (TPSA) is 108 Å². The van der Waals surface area contributed by atoms with E-state index in [1.54, 1.807) is 0 Å². The van der Waals surface area contributed by atoms with Crippen LogP contribution in [-0.2, 0) is 33.3 Å². The number of quaternary nitrogens is 1. The van der Waals surface area contributed by atoms with Crippen LogP contribution in [0, 0.1) is 0 Å². The molecule has 0 saturated carbocycles. The van der Waals surface area contributed by atoms with Crippen LogP contribution in [0.25, 0.3) is 0 Å². The van der Waals surface area contributed by atoms with Gasteiger partial charge in [0.05, 0.1) is 34.4 Å². The lowest BCUT2D eigenvalue weighted by Gasteiger charge is -2.25. The molecule has 312 valence electrons.